The molecule has 3 amide bonds. The van der Waals surface area contributed by atoms with Crippen LogP contribution in [0.5, 0.6) is 0 Å². The summed E-state index contributed by atoms with van der Waals surface area (Å²) < 4.78 is 26.5. The average Bonchev–Trinajstić information content (AvgIpc) is 3.01. The van der Waals surface area contributed by atoms with E-state index in [1.54, 1.807) is 37.3 Å². The van der Waals surface area contributed by atoms with Crippen LogP contribution in [0.1, 0.15) is 49.0 Å². The molecule has 1 aliphatic rings. The quantitative estimate of drug-likeness (QED) is 0.499. The second kappa shape index (κ2) is 11.0. The Balaban J connectivity index is 1.89. The summed E-state index contributed by atoms with van der Waals surface area (Å²) in [6.07, 6.45) is 2.02. The number of nitrogens with one attached hydrogen (secondary N) is 1. The van der Waals surface area contributed by atoms with Crippen molar-refractivity contribution in [2.75, 3.05) is 13.1 Å². The average molecular weight is 506 g/mol. The van der Waals surface area contributed by atoms with Gasteiger partial charge in [-0.3, -0.25) is 14.4 Å². The molecule has 8 nitrogen and oxygen atoms in total. The van der Waals surface area contributed by atoms with Crippen LogP contribution in [0, 0.1) is 0 Å². The summed E-state index contributed by atoms with van der Waals surface area (Å²) in [4.78, 5) is 40.4. The van der Waals surface area contributed by atoms with E-state index < -0.39 is 34.4 Å². The Kier molecular flexibility index (Phi) is 8.33. The minimum absolute atomic E-state index is 0.0314. The fraction of sp³-hybridized carbons (Fsp3) is 0.375. The van der Waals surface area contributed by atoms with Gasteiger partial charge in [-0.05, 0) is 42.7 Å². The van der Waals surface area contributed by atoms with Gasteiger partial charge in [0.15, 0.2) is 0 Å². The molecule has 2 aromatic carbocycles. The van der Waals surface area contributed by atoms with Crippen molar-refractivity contribution in [2.45, 2.75) is 50.6 Å². The van der Waals surface area contributed by atoms with Crippen LogP contribution < -0.4 is 5.32 Å². The van der Waals surface area contributed by atoms with E-state index >= 15 is 0 Å². The maximum atomic E-state index is 13.5. The third kappa shape index (κ3) is 5.42. The van der Waals surface area contributed by atoms with Gasteiger partial charge < -0.3 is 10.2 Å². The van der Waals surface area contributed by atoms with Gasteiger partial charge in [-0.15, -0.1) is 0 Å². The van der Waals surface area contributed by atoms with E-state index in [4.69, 9.17) is 11.6 Å². The molecular weight excluding hydrogens is 478 g/mol. The SMILES string of the molecule is CCCCNC(=O)[C@H](CC)N(Cc1ccc(Cl)cc1)C(=O)CN1C(=O)c2ccccc2S1(=O)=O. The molecule has 3 rings (SSSR count). The van der Waals surface area contributed by atoms with Gasteiger partial charge in [0, 0.05) is 18.1 Å². The number of carbonyl (C=O) groups is 3. The van der Waals surface area contributed by atoms with E-state index in [9.17, 15) is 22.8 Å². The Bertz CT molecular complexity index is 1170. The van der Waals surface area contributed by atoms with Crippen molar-refractivity contribution in [1.29, 1.82) is 0 Å². The lowest BCUT2D eigenvalue weighted by Gasteiger charge is -2.31. The normalized spacial score (nSPS) is 15.0. The van der Waals surface area contributed by atoms with Crippen molar-refractivity contribution in [2.24, 2.45) is 0 Å². The second-order valence-electron chi connectivity index (χ2n) is 8.03. The molecule has 0 saturated carbocycles. The zero-order chi connectivity index (χ0) is 24.9. The molecule has 34 heavy (non-hydrogen) atoms. The van der Waals surface area contributed by atoms with E-state index in [2.05, 4.69) is 5.32 Å². The first-order valence-electron chi connectivity index (χ1n) is 11.2. The Hall–Kier alpha value is -2.91. The summed E-state index contributed by atoms with van der Waals surface area (Å²) in [6, 6.07) is 11.8. The third-order valence-corrected chi connectivity index (χ3v) is 7.71. The second-order valence-corrected chi connectivity index (χ2v) is 10.3. The zero-order valence-electron chi connectivity index (χ0n) is 19.2. The molecule has 0 spiro atoms. The summed E-state index contributed by atoms with van der Waals surface area (Å²) in [6.45, 7) is 3.63. The number of fused-ring (bicyclic) bond motifs is 1. The minimum Gasteiger partial charge on any atom is -0.354 e. The third-order valence-electron chi connectivity index (χ3n) is 5.67. The molecule has 0 unspecified atom stereocenters. The van der Waals surface area contributed by atoms with E-state index in [1.165, 1.54) is 23.1 Å². The van der Waals surface area contributed by atoms with Gasteiger partial charge in [-0.1, -0.05) is 56.1 Å². The zero-order valence-corrected chi connectivity index (χ0v) is 20.7. The molecule has 0 bridgehead atoms. The standard InChI is InChI=1S/C24H28ClN3O5S/c1-3-5-14-26-23(30)20(4-2)27(15-17-10-12-18(25)13-11-17)22(29)16-28-24(31)19-8-6-7-9-21(19)34(28,32)33/h6-13,20H,3-5,14-16H2,1-2H3,(H,26,30)/t20-/m0/s1. The Labute approximate surface area is 204 Å². The van der Waals surface area contributed by atoms with Crippen LogP contribution >= 0.6 is 11.6 Å². The predicted molar refractivity (Wildman–Crippen MR) is 129 cm³/mol. The monoisotopic (exact) mass is 505 g/mol. The Morgan fingerprint density at radius 2 is 1.76 bits per heavy atom. The molecule has 0 radical (unpaired) electrons. The van der Waals surface area contributed by atoms with Crippen LogP contribution in [0.15, 0.2) is 53.4 Å². The predicted octanol–water partition coefficient (Wildman–Crippen LogP) is 3.21. The lowest BCUT2D eigenvalue weighted by atomic mass is 10.1. The largest absolute Gasteiger partial charge is 0.354 e. The molecule has 1 aliphatic heterocycles. The molecule has 182 valence electrons. The summed E-state index contributed by atoms with van der Waals surface area (Å²) in [5, 5.41) is 3.37. The molecular formula is C24H28ClN3O5S. The van der Waals surface area contributed by atoms with Crippen LogP contribution in [0.3, 0.4) is 0 Å². The highest BCUT2D eigenvalue weighted by Gasteiger charge is 2.43. The molecule has 0 saturated heterocycles. The molecule has 1 atom stereocenters. The maximum absolute atomic E-state index is 13.5. The van der Waals surface area contributed by atoms with Gasteiger partial charge in [-0.2, -0.15) is 0 Å². The summed E-state index contributed by atoms with van der Waals surface area (Å²) in [5.74, 6) is -1.72. The molecule has 0 aromatic heterocycles. The van der Waals surface area contributed by atoms with Gasteiger partial charge in [0.05, 0.1) is 5.56 Å². The van der Waals surface area contributed by atoms with Crippen molar-refractivity contribution in [3.8, 4) is 0 Å². The van der Waals surface area contributed by atoms with Gasteiger partial charge in [0.2, 0.25) is 11.8 Å². The highest BCUT2D eigenvalue weighted by atomic mass is 35.5. The molecule has 0 fully saturated rings. The number of unbranched alkanes of at least 4 members (excludes halogenated alkanes) is 1. The van der Waals surface area contributed by atoms with Crippen molar-refractivity contribution in [3.05, 3.63) is 64.7 Å². The number of nitrogens with zero attached hydrogens (tertiary/aromatic N) is 2. The lowest BCUT2D eigenvalue weighted by Crippen LogP contribution is -2.52. The number of sulfonamides is 1. The summed E-state index contributed by atoms with van der Waals surface area (Å²) >= 11 is 5.97. The van der Waals surface area contributed by atoms with Crippen LogP contribution in [0.4, 0.5) is 0 Å². The highest BCUT2D eigenvalue weighted by Crippen LogP contribution is 2.30. The van der Waals surface area contributed by atoms with E-state index in [-0.39, 0.29) is 22.9 Å². The number of hydrogen-bond acceptors (Lipinski definition) is 5. The minimum atomic E-state index is -4.15. The highest BCUT2D eigenvalue weighted by molar-refractivity contribution is 7.90. The first-order valence-corrected chi connectivity index (χ1v) is 13.0. The summed E-state index contributed by atoms with van der Waals surface area (Å²) in [7, 11) is -4.15. The maximum Gasteiger partial charge on any atom is 0.269 e. The molecule has 1 N–H and O–H groups in total. The van der Waals surface area contributed by atoms with Crippen LogP contribution in [-0.4, -0.2) is 54.5 Å². The molecule has 1 heterocycles. The van der Waals surface area contributed by atoms with E-state index in [0.717, 1.165) is 18.4 Å². The van der Waals surface area contributed by atoms with E-state index in [0.29, 0.717) is 22.3 Å². The summed E-state index contributed by atoms with van der Waals surface area (Å²) in [5.41, 5.74) is 0.750. The number of rotatable bonds is 10. The fourth-order valence-electron chi connectivity index (χ4n) is 3.81. The first kappa shape index (κ1) is 25.7. The van der Waals surface area contributed by atoms with Crippen LogP contribution in [-0.2, 0) is 26.2 Å². The smallest absolute Gasteiger partial charge is 0.269 e. The van der Waals surface area contributed by atoms with Gasteiger partial charge in [0.25, 0.3) is 15.9 Å². The molecule has 0 aliphatic carbocycles. The first-order chi connectivity index (χ1) is 16.2. The van der Waals surface area contributed by atoms with Crippen molar-refractivity contribution < 1.29 is 22.8 Å². The Morgan fingerprint density at radius 3 is 2.38 bits per heavy atom. The fourth-order valence-corrected chi connectivity index (χ4v) is 5.46. The number of halogens is 1. The number of carbonyl (C=O) groups excluding carboxylic acids is 3. The molecule has 2 aromatic rings. The van der Waals surface area contributed by atoms with Crippen LogP contribution in [0.25, 0.3) is 0 Å². The van der Waals surface area contributed by atoms with Crippen molar-refractivity contribution >= 4 is 39.3 Å². The van der Waals surface area contributed by atoms with Crippen molar-refractivity contribution in [3.63, 3.8) is 0 Å². The Morgan fingerprint density at radius 1 is 1.09 bits per heavy atom. The number of amides is 3. The van der Waals surface area contributed by atoms with Crippen LogP contribution in [0.2, 0.25) is 5.02 Å². The van der Waals surface area contributed by atoms with Gasteiger partial charge in [-0.25, -0.2) is 12.7 Å². The molecule has 10 heteroatoms. The lowest BCUT2D eigenvalue weighted by molar-refractivity contribution is -0.141. The van der Waals surface area contributed by atoms with Gasteiger partial charge >= 0.3 is 0 Å². The number of hydrogen-bond donors (Lipinski definition) is 1. The van der Waals surface area contributed by atoms with E-state index in [1.807, 2.05) is 6.92 Å². The van der Waals surface area contributed by atoms with Gasteiger partial charge in [0.1, 0.15) is 17.5 Å². The van der Waals surface area contributed by atoms with Crippen molar-refractivity contribution in [1.82, 2.24) is 14.5 Å². The number of benzene rings is 2. The topological polar surface area (TPSA) is 104 Å².